The molecule has 0 aliphatic rings. The van der Waals surface area contributed by atoms with E-state index in [1.165, 1.54) is 0 Å². The largest absolute Gasteiger partial charge is 0.396 e. The smallest absolute Gasteiger partial charge is 0.339 e. The molecule has 0 saturated heterocycles. The van der Waals surface area contributed by atoms with Gasteiger partial charge in [-0.15, -0.1) is 0 Å². The van der Waals surface area contributed by atoms with E-state index in [2.05, 4.69) is 14.7 Å². The first-order valence-electron chi connectivity index (χ1n) is 4.80. The van der Waals surface area contributed by atoms with Gasteiger partial charge in [-0.05, 0) is 6.42 Å². The van der Waals surface area contributed by atoms with Gasteiger partial charge in [0.15, 0.2) is 5.82 Å². The zero-order chi connectivity index (χ0) is 12.2. The van der Waals surface area contributed by atoms with Crippen molar-refractivity contribution in [2.75, 3.05) is 0 Å². The van der Waals surface area contributed by atoms with E-state index in [9.17, 15) is 18.0 Å². The summed E-state index contributed by atoms with van der Waals surface area (Å²) in [5.74, 6) is -0.616. The van der Waals surface area contributed by atoms with Crippen molar-refractivity contribution in [2.24, 2.45) is 0 Å². The third-order valence-electron chi connectivity index (χ3n) is 1.75. The van der Waals surface area contributed by atoms with Crippen LogP contribution >= 0.6 is 0 Å². The fourth-order valence-corrected chi connectivity index (χ4v) is 1.15. The first-order chi connectivity index (χ1) is 7.40. The third kappa shape index (κ3) is 4.41. The van der Waals surface area contributed by atoms with Crippen LogP contribution in [-0.2, 0) is 17.6 Å². The predicted octanol–water partition coefficient (Wildman–Crippen LogP) is 2.09. The number of aromatic nitrogens is 2. The number of nitrogens with zero attached hydrogens (tertiary/aromatic N) is 2. The van der Waals surface area contributed by atoms with E-state index >= 15 is 0 Å². The van der Waals surface area contributed by atoms with Gasteiger partial charge in [0.05, 0.1) is 6.42 Å². The van der Waals surface area contributed by atoms with Crippen LogP contribution in [0.5, 0.6) is 0 Å². The fraction of sp³-hybridized carbons (Fsp3) is 0.667. The van der Waals surface area contributed by atoms with Crippen molar-refractivity contribution >= 4 is 5.78 Å². The van der Waals surface area contributed by atoms with Crippen molar-refractivity contribution in [3.63, 3.8) is 0 Å². The van der Waals surface area contributed by atoms with Crippen molar-refractivity contribution in [3.05, 3.63) is 11.7 Å². The Balaban J connectivity index is 2.55. The summed E-state index contributed by atoms with van der Waals surface area (Å²) in [7, 11) is 0. The molecule has 1 rings (SSSR count). The van der Waals surface area contributed by atoms with Crippen LogP contribution in [0.3, 0.4) is 0 Å². The second kappa shape index (κ2) is 5.09. The summed E-state index contributed by atoms with van der Waals surface area (Å²) >= 11 is 0. The van der Waals surface area contributed by atoms with Crippen LogP contribution < -0.4 is 0 Å². The second-order valence-corrected chi connectivity index (χ2v) is 3.36. The minimum atomic E-state index is -4.37. The molecule has 1 aromatic heterocycles. The number of alkyl halides is 3. The lowest BCUT2D eigenvalue weighted by Gasteiger charge is -1.99. The SMILES string of the molecule is CCCC(=O)Cc1nc(CC(F)(F)F)no1. The second-order valence-electron chi connectivity index (χ2n) is 3.36. The summed E-state index contributed by atoms with van der Waals surface area (Å²) in [5, 5.41) is 3.16. The number of halogens is 3. The van der Waals surface area contributed by atoms with E-state index in [0.29, 0.717) is 12.8 Å². The molecule has 0 fully saturated rings. The quantitative estimate of drug-likeness (QED) is 0.785. The highest BCUT2D eigenvalue weighted by Gasteiger charge is 2.30. The molecule has 1 aromatic rings. The van der Waals surface area contributed by atoms with Crippen LogP contribution in [0.2, 0.25) is 0 Å². The van der Waals surface area contributed by atoms with Gasteiger partial charge in [0, 0.05) is 6.42 Å². The Kier molecular flexibility index (Phi) is 4.03. The van der Waals surface area contributed by atoms with Gasteiger partial charge in [-0.3, -0.25) is 4.79 Å². The Labute approximate surface area is 89.8 Å². The molecule has 0 unspecified atom stereocenters. The molecule has 0 aliphatic heterocycles. The predicted molar refractivity (Wildman–Crippen MR) is 47.7 cm³/mol. The van der Waals surface area contributed by atoms with Gasteiger partial charge < -0.3 is 4.52 Å². The van der Waals surface area contributed by atoms with Crippen LogP contribution in [0, 0.1) is 0 Å². The average molecular weight is 236 g/mol. The highest BCUT2D eigenvalue weighted by atomic mass is 19.4. The molecule has 1 heterocycles. The van der Waals surface area contributed by atoms with Crippen molar-refractivity contribution < 1.29 is 22.5 Å². The summed E-state index contributed by atoms with van der Waals surface area (Å²) in [5.41, 5.74) is 0. The lowest BCUT2D eigenvalue weighted by atomic mass is 10.2. The maximum Gasteiger partial charge on any atom is 0.396 e. The lowest BCUT2D eigenvalue weighted by molar-refractivity contribution is -0.128. The number of rotatable bonds is 5. The van der Waals surface area contributed by atoms with Gasteiger partial charge in [0.2, 0.25) is 5.89 Å². The fourth-order valence-electron chi connectivity index (χ4n) is 1.15. The van der Waals surface area contributed by atoms with Gasteiger partial charge in [-0.25, -0.2) is 0 Å². The molecule has 7 heteroatoms. The lowest BCUT2D eigenvalue weighted by Crippen LogP contribution is -2.12. The molecule has 0 aromatic carbocycles. The normalized spacial score (nSPS) is 11.8. The van der Waals surface area contributed by atoms with E-state index in [-0.39, 0.29) is 18.1 Å². The number of hydrogen-bond acceptors (Lipinski definition) is 4. The zero-order valence-electron chi connectivity index (χ0n) is 8.67. The standard InChI is InChI=1S/C9H11F3N2O2/c1-2-3-6(15)4-8-13-7(14-16-8)5-9(10,11)12/h2-5H2,1H3. The van der Waals surface area contributed by atoms with Gasteiger partial charge in [-0.1, -0.05) is 12.1 Å². The van der Waals surface area contributed by atoms with Crippen molar-refractivity contribution in [1.82, 2.24) is 10.1 Å². The number of carbonyl (C=O) groups is 1. The molecule has 4 nitrogen and oxygen atoms in total. The van der Waals surface area contributed by atoms with E-state index in [1.807, 2.05) is 6.92 Å². The average Bonchev–Trinajstić information content (AvgIpc) is 2.49. The molecule has 16 heavy (non-hydrogen) atoms. The zero-order valence-corrected chi connectivity index (χ0v) is 8.67. The van der Waals surface area contributed by atoms with E-state index in [4.69, 9.17) is 0 Å². The molecule has 0 atom stereocenters. The Hall–Kier alpha value is -1.40. The maximum absolute atomic E-state index is 11.9. The van der Waals surface area contributed by atoms with Gasteiger partial charge in [0.1, 0.15) is 12.2 Å². The molecule has 0 spiro atoms. The van der Waals surface area contributed by atoms with Crippen LogP contribution in [-0.4, -0.2) is 22.1 Å². The molecule has 90 valence electrons. The van der Waals surface area contributed by atoms with Crippen molar-refractivity contribution in [1.29, 1.82) is 0 Å². The molecule has 0 aliphatic carbocycles. The van der Waals surface area contributed by atoms with Gasteiger partial charge in [-0.2, -0.15) is 18.2 Å². The molecular formula is C9H11F3N2O2. The Morgan fingerprint density at radius 2 is 2.12 bits per heavy atom. The number of Topliss-reactive ketones (excluding diaryl/α,β-unsaturated/α-hetero) is 1. The van der Waals surface area contributed by atoms with Crippen LogP contribution in [0.15, 0.2) is 4.52 Å². The Morgan fingerprint density at radius 1 is 1.44 bits per heavy atom. The van der Waals surface area contributed by atoms with E-state index < -0.39 is 18.4 Å². The molecule has 0 amide bonds. The molecule has 0 bridgehead atoms. The molecule has 0 saturated carbocycles. The van der Waals surface area contributed by atoms with E-state index in [1.54, 1.807) is 0 Å². The number of hydrogen-bond donors (Lipinski definition) is 0. The third-order valence-corrected chi connectivity index (χ3v) is 1.75. The number of carbonyl (C=O) groups excluding carboxylic acids is 1. The van der Waals surface area contributed by atoms with E-state index in [0.717, 1.165) is 0 Å². The minimum absolute atomic E-state index is 0.0577. The van der Waals surface area contributed by atoms with Crippen molar-refractivity contribution in [3.8, 4) is 0 Å². The Morgan fingerprint density at radius 3 is 2.69 bits per heavy atom. The van der Waals surface area contributed by atoms with Gasteiger partial charge >= 0.3 is 6.18 Å². The monoisotopic (exact) mass is 236 g/mol. The highest BCUT2D eigenvalue weighted by molar-refractivity contribution is 5.79. The Bertz CT molecular complexity index is 360. The molecular weight excluding hydrogens is 225 g/mol. The molecule has 0 N–H and O–H groups in total. The van der Waals surface area contributed by atoms with Crippen LogP contribution in [0.25, 0.3) is 0 Å². The number of ketones is 1. The minimum Gasteiger partial charge on any atom is -0.339 e. The first kappa shape index (κ1) is 12.7. The summed E-state index contributed by atoms with van der Waals surface area (Å²) in [6.07, 6.45) is -4.66. The summed E-state index contributed by atoms with van der Waals surface area (Å²) < 4.78 is 40.4. The molecule has 0 radical (unpaired) electrons. The van der Waals surface area contributed by atoms with Crippen molar-refractivity contribution in [2.45, 2.75) is 38.8 Å². The van der Waals surface area contributed by atoms with Crippen LogP contribution in [0.1, 0.15) is 31.5 Å². The first-order valence-corrected chi connectivity index (χ1v) is 4.80. The topological polar surface area (TPSA) is 56.0 Å². The highest BCUT2D eigenvalue weighted by Crippen LogP contribution is 2.19. The summed E-state index contributed by atoms with van der Waals surface area (Å²) in [6, 6.07) is 0. The van der Waals surface area contributed by atoms with Gasteiger partial charge in [0.25, 0.3) is 0 Å². The van der Waals surface area contributed by atoms with Crippen LogP contribution in [0.4, 0.5) is 13.2 Å². The summed E-state index contributed by atoms with van der Waals surface area (Å²) in [4.78, 5) is 14.7. The maximum atomic E-state index is 11.9. The summed E-state index contributed by atoms with van der Waals surface area (Å²) in [6.45, 7) is 1.83.